The van der Waals surface area contributed by atoms with Gasteiger partial charge in [-0.3, -0.25) is 4.79 Å². The Balaban J connectivity index is 2.01. The van der Waals surface area contributed by atoms with E-state index in [1.54, 1.807) is 12.1 Å². The van der Waals surface area contributed by atoms with Gasteiger partial charge in [0.25, 0.3) is 0 Å². The van der Waals surface area contributed by atoms with Crippen LogP contribution in [0.15, 0.2) is 47.5 Å². The zero-order chi connectivity index (χ0) is 18.8. The summed E-state index contributed by atoms with van der Waals surface area (Å²) in [6.45, 7) is 2.12. The number of nitrogen functional groups attached to an aromatic ring is 2. The Hall–Kier alpha value is -2.23. The zero-order valence-electron chi connectivity index (χ0n) is 14.4. The predicted molar refractivity (Wildman–Crippen MR) is 111 cm³/mol. The molecule has 4 N–H and O–H groups in total. The highest BCUT2D eigenvalue weighted by Gasteiger charge is 2.25. The van der Waals surface area contributed by atoms with Crippen LogP contribution in [0.1, 0.15) is 30.9 Å². The fraction of sp³-hybridized carbons (Fsp3) is 0.190. The normalized spacial score (nSPS) is 20.7. The molecular weight excluding hydrogens is 367 g/mol. The number of anilines is 2. The SMILES string of the molecule is CC1C/C(=C\c2cccc(N)c2Cl)C(=O)/C(=C/c2cccc(N)c2Cl)C1. The van der Waals surface area contributed by atoms with Crippen LogP contribution in [0.3, 0.4) is 0 Å². The summed E-state index contributed by atoms with van der Waals surface area (Å²) in [5, 5.41) is 0.936. The van der Waals surface area contributed by atoms with Crippen molar-refractivity contribution in [3.63, 3.8) is 0 Å². The first-order valence-electron chi connectivity index (χ1n) is 8.40. The quantitative estimate of drug-likeness (QED) is 0.519. The van der Waals surface area contributed by atoms with E-state index in [2.05, 4.69) is 6.92 Å². The summed E-state index contributed by atoms with van der Waals surface area (Å²) in [7, 11) is 0. The smallest absolute Gasteiger partial charge is 0.185 e. The van der Waals surface area contributed by atoms with Gasteiger partial charge in [-0.15, -0.1) is 0 Å². The Bertz CT molecular complexity index is 858. The number of carbonyl (C=O) groups excluding carboxylic acids is 1. The number of hydrogen-bond acceptors (Lipinski definition) is 3. The molecule has 26 heavy (non-hydrogen) atoms. The highest BCUT2D eigenvalue weighted by molar-refractivity contribution is 6.35. The molecule has 0 saturated heterocycles. The summed E-state index contributed by atoms with van der Waals surface area (Å²) in [6, 6.07) is 10.8. The Morgan fingerprint density at radius 2 is 1.31 bits per heavy atom. The second kappa shape index (κ2) is 7.56. The largest absolute Gasteiger partial charge is 0.398 e. The molecule has 1 aliphatic rings. The molecule has 1 aliphatic carbocycles. The summed E-state index contributed by atoms with van der Waals surface area (Å²) in [6.07, 6.45) is 5.08. The first kappa shape index (κ1) is 18.6. The van der Waals surface area contributed by atoms with Crippen molar-refractivity contribution >= 4 is 52.5 Å². The molecule has 0 bridgehead atoms. The minimum absolute atomic E-state index is 0.0140. The van der Waals surface area contributed by atoms with Gasteiger partial charge in [0, 0.05) is 11.1 Å². The van der Waals surface area contributed by atoms with Crippen LogP contribution in [-0.4, -0.2) is 5.78 Å². The van der Waals surface area contributed by atoms with Gasteiger partial charge in [-0.05, 0) is 54.2 Å². The number of ketones is 1. The molecule has 0 radical (unpaired) electrons. The highest BCUT2D eigenvalue weighted by atomic mass is 35.5. The van der Waals surface area contributed by atoms with Gasteiger partial charge < -0.3 is 11.5 Å². The molecule has 1 saturated carbocycles. The van der Waals surface area contributed by atoms with Crippen LogP contribution in [0.5, 0.6) is 0 Å². The Kier molecular flexibility index (Phi) is 5.40. The lowest BCUT2D eigenvalue weighted by atomic mass is 9.80. The molecule has 2 aromatic carbocycles. The summed E-state index contributed by atoms with van der Waals surface area (Å²) in [5.41, 5.74) is 15.7. The number of carbonyl (C=O) groups is 1. The maximum atomic E-state index is 13.0. The summed E-state index contributed by atoms with van der Waals surface area (Å²) in [4.78, 5) is 13.0. The fourth-order valence-electron chi connectivity index (χ4n) is 3.20. The standard InChI is InChI=1S/C21H20Cl2N2O/c1-12-8-15(10-13-4-2-6-17(24)19(13)22)21(26)16(9-12)11-14-5-3-7-18(25)20(14)23/h2-7,10-12H,8-9,24-25H2,1H3/b15-10+,16-11+. The maximum Gasteiger partial charge on any atom is 0.185 e. The van der Waals surface area contributed by atoms with Crippen molar-refractivity contribution in [2.75, 3.05) is 11.5 Å². The number of nitrogens with two attached hydrogens (primary N) is 2. The monoisotopic (exact) mass is 386 g/mol. The molecular formula is C21H20Cl2N2O. The van der Waals surface area contributed by atoms with Crippen molar-refractivity contribution in [1.82, 2.24) is 0 Å². The second-order valence-electron chi connectivity index (χ2n) is 6.68. The summed E-state index contributed by atoms with van der Waals surface area (Å²) in [5.74, 6) is 0.352. The minimum Gasteiger partial charge on any atom is -0.398 e. The van der Waals surface area contributed by atoms with E-state index in [0.29, 0.717) is 40.2 Å². The van der Waals surface area contributed by atoms with Gasteiger partial charge >= 0.3 is 0 Å². The molecule has 0 atom stereocenters. The predicted octanol–water partition coefficient (Wildman–Crippen LogP) is 5.62. The first-order chi connectivity index (χ1) is 12.4. The van der Waals surface area contributed by atoms with Gasteiger partial charge in [0.2, 0.25) is 0 Å². The molecule has 0 unspecified atom stereocenters. The molecule has 0 amide bonds. The molecule has 2 aromatic rings. The molecule has 134 valence electrons. The Morgan fingerprint density at radius 3 is 1.73 bits per heavy atom. The second-order valence-corrected chi connectivity index (χ2v) is 7.44. The van der Waals surface area contributed by atoms with E-state index in [4.69, 9.17) is 34.7 Å². The lowest BCUT2D eigenvalue weighted by molar-refractivity contribution is -0.113. The van der Waals surface area contributed by atoms with Crippen LogP contribution in [0.4, 0.5) is 11.4 Å². The van der Waals surface area contributed by atoms with Crippen LogP contribution in [0.25, 0.3) is 12.2 Å². The van der Waals surface area contributed by atoms with E-state index in [0.717, 1.165) is 22.3 Å². The summed E-state index contributed by atoms with van der Waals surface area (Å²) >= 11 is 12.5. The van der Waals surface area contributed by atoms with Crippen molar-refractivity contribution < 1.29 is 4.79 Å². The van der Waals surface area contributed by atoms with Crippen LogP contribution in [-0.2, 0) is 4.79 Å². The molecule has 0 aliphatic heterocycles. The molecule has 3 rings (SSSR count). The number of Topliss-reactive ketones (excluding diaryl/α,β-unsaturated/α-hetero) is 1. The number of allylic oxidation sites excluding steroid dienone is 2. The van der Waals surface area contributed by atoms with E-state index < -0.39 is 0 Å². The van der Waals surface area contributed by atoms with Gasteiger partial charge in [0.15, 0.2) is 5.78 Å². The van der Waals surface area contributed by atoms with E-state index in [9.17, 15) is 4.79 Å². The number of hydrogen-bond donors (Lipinski definition) is 2. The van der Waals surface area contributed by atoms with Crippen molar-refractivity contribution in [2.45, 2.75) is 19.8 Å². The van der Waals surface area contributed by atoms with Crippen LogP contribution < -0.4 is 11.5 Å². The molecule has 0 aromatic heterocycles. The van der Waals surface area contributed by atoms with Gasteiger partial charge in [-0.1, -0.05) is 54.4 Å². The third-order valence-corrected chi connectivity index (χ3v) is 5.37. The number of benzene rings is 2. The van der Waals surface area contributed by atoms with E-state index >= 15 is 0 Å². The van der Waals surface area contributed by atoms with Gasteiger partial charge in [0.1, 0.15) is 0 Å². The van der Waals surface area contributed by atoms with Crippen LogP contribution >= 0.6 is 23.2 Å². The third-order valence-electron chi connectivity index (χ3n) is 4.50. The van der Waals surface area contributed by atoms with Gasteiger partial charge in [-0.2, -0.15) is 0 Å². The van der Waals surface area contributed by atoms with E-state index in [-0.39, 0.29) is 5.78 Å². The van der Waals surface area contributed by atoms with Crippen molar-refractivity contribution in [1.29, 1.82) is 0 Å². The van der Waals surface area contributed by atoms with Crippen LogP contribution in [0.2, 0.25) is 10.0 Å². The van der Waals surface area contributed by atoms with Gasteiger partial charge in [0.05, 0.1) is 21.4 Å². The minimum atomic E-state index is 0.0140. The third kappa shape index (κ3) is 3.79. The zero-order valence-corrected chi connectivity index (χ0v) is 15.9. The maximum absolute atomic E-state index is 13.0. The van der Waals surface area contributed by atoms with E-state index in [1.165, 1.54) is 0 Å². The van der Waals surface area contributed by atoms with E-state index in [1.807, 2.05) is 36.4 Å². The Labute approximate surface area is 163 Å². The number of halogens is 2. The fourth-order valence-corrected chi connectivity index (χ4v) is 3.56. The molecule has 0 spiro atoms. The van der Waals surface area contributed by atoms with Crippen molar-refractivity contribution in [3.8, 4) is 0 Å². The van der Waals surface area contributed by atoms with Crippen LogP contribution in [0, 0.1) is 5.92 Å². The topological polar surface area (TPSA) is 69.1 Å². The average molecular weight is 387 g/mol. The van der Waals surface area contributed by atoms with Crippen molar-refractivity contribution in [3.05, 3.63) is 68.7 Å². The first-order valence-corrected chi connectivity index (χ1v) is 9.16. The lowest BCUT2D eigenvalue weighted by Gasteiger charge is -2.23. The molecule has 3 nitrogen and oxygen atoms in total. The number of rotatable bonds is 2. The average Bonchev–Trinajstić information content (AvgIpc) is 2.60. The van der Waals surface area contributed by atoms with Crippen molar-refractivity contribution in [2.24, 2.45) is 5.92 Å². The highest BCUT2D eigenvalue weighted by Crippen LogP contribution is 2.35. The van der Waals surface area contributed by atoms with Gasteiger partial charge in [-0.25, -0.2) is 0 Å². The lowest BCUT2D eigenvalue weighted by Crippen LogP contribution is -2.18. The molecule has 0 heterocycles. The molecule has 5 heteroatoms. The Morgan fingerprint density at radius 1 is 0.885 bits per heavy atom. The molecule has 1 fully saturated rings. The summed E-state index contributed by atoms with van der Waals surface area (Å²) < 4.78 is 0.